The summed E-state index contributed by atoms with van der Waals surface area (Å²) in [7, 11) is 0. The van der Waals surface area contributed by atoms with Gasteiger partial charge in [0, 0.05) is 6.54 Å². The molecule has 0 aliphatic carbocycles. The lowest BCUT2D eigenvalue weighted by molar-refractivity contribution is 0.628. The summed E-state index contributed by atoms with van der Waals surface area (Å²) in [6, 6.07) is 4.70. The van der Waals surface area contributed by atoms with Crippen LogP contribution in [0.4, 0.5) is 4.39 Å². The molecule has 0 atom stereocenters. The van der Waals surface area contributed by atoms with E-state index in [0.717, 1.165) is 16.7 Å². The molecule has 2 N–H and O–H groups in total. The molecule has 0 aliphatic rings. The van der Waals surface area contributed by atoms with Crippen LogP contribution in [-0.2, 0) is 6.54 Å². The van der Waals surface area contributed by atoms with Crippen LogP contribution in [0.1, 0.15) is 5.56 Å². The molecule has 0 bridgehead atoms. The van der Waals surface area contributed by atoms with Gasteiger partial charge < -0.3 is 5.73 Å². The van der Waals surface area contributed by atoms with Crippen LogP contribution in [0.2, 0.25) is 5.02 Å². The minimum Gasteiger partial charge on any atom is -0.326 e. The topological polar surface area (TPSA) is 26.0 Å². The van der Waals surface area contributed by atoms with Crippen LogP contribution in [0.5, 0.6) is 0 Å². The molecule has 0 unspecified atom stereocenters. The van der Waals surface area contributed by atoms with Crippen molar-refractivity contribution in [2.24, 2.45) is 5.73 Å². The van der Waals surface area contributed by atoms with Crippen molar-refractivity contribution < 1.29 is 4.39 Å². The molecular formula is C11H9ClFNS. The molecule has 1 aromatic heterocycles. The van der Waals surface area contributed by atoms with E-state index in [1.54, 1.807) is 23.5 Å². The minimum absolute atomic E-state index is 0.140. The van der Waals surface area contributed by atoms with Crippen LogP contribution in [0.25, 0.3) is 11.1 Å². The Hall–Kier alpha value is -0.900. The van der Waals surface area contributed by atoms with E-state index in [-0.39, 0.29) is 5.02 Å². The lowest BCUT2D eigenvalue weighted by Crippen LogP contribution is -1.95. The van der Waals surface area contributed by atoms with Gasteiger partial charge in [-0.3, -0.25) is 0 Å². The minimum atomic E-state index is -0.398. The molecule has 0 amide bonds. The fraction of sp³-hybridized carbons (Fsp3) is 0.0909. The Labute approximate surface area is 96.3 Å². The third-order valence-corrected chi connectivity index (χ3v) is 3.27. The van der Waals surface area contributed by atoms with Crippen molar-refractivity contribution in [3.8, 4) is 11.1 Å². The first kappa shape index (κ1) is 10.6. The van der Waals surface area contributed by atoms with Crippen molar-refractivity contribution in [1.82, 2.24) is 0 Å². The van der Waals surface area contributed by atoms with Gasteiger partial charge in [0.25, 0.3) is 0 Å². The summed E-state index contributed by atoms with van der Waals surface area (Å²) in [6.07, 6.45) is 0. The third-order valence-electron chi connectivity index (χ3n) is 2.19. The zero-order valence-corrected chi connectivity index (χ0v) is 9.41. The Morgan fingerprint density at radius 2 is 2.13 bits per heavy atom. The Kier molecular flexibility index (Phi) is 3.05. The van der Waals surface area contributed by atoms with E-state index in [9.17, 15) is 4.39 Å². The SMILES string of the molecule is NCc1cscc1-c1ccc(F)c(Cl)c1. The second-order valence-corrected chi connectivity index (χ2v) is 4.29. The Balaban J connectivity index is 2.50. The van der Waals surface area contributed by atoms with Crippen molar-refractivity contribution in [2.75, 3.05) is 0 Å². The maximum atomic E-state index is 13.0. The quantitative estimate of drug-likeness (QED) is 0.853. The van der Waals surface area contributed by atoms with Gasteiger partial charge in [0.05, 0.1) is 5.02 Å². The molecule has 0 saturated carbocycles. The lowest BCUT2D eigenvalue weighted by Gasteiger charge is -2.03. The predicted molar refractivity (Wildman–Crippen MR) is 62.6 cm³/mol. The van der Waals surface area contributed by atoms with Crippen LogP contribution >= 0.6 is 22.9 Å². The number of hydrogen-bond acceptors (Lipinski definition) is 2. The van der Waals surface area contributed by atoms with Crippen LogP contribution in [0.3, 0.4) is 0 Å². The number of hydrogen-bond donors (Lipinski definition) is 1. The molecule has 0 spiro atoms. The van der Waals surface area contributed by atoms with Crippen molar-refractivity contribution in [3.63, 3.8) is 0 Å². The van der Waals surface area contributed by atoms with Crippen LogP contribution in [-0.4, -0.2) is 0 Å². The Morgan fingerprint density at radius 1 is 1.33 bits per heavy atom. The van der Waals surface area contributed by atoms with Crippen LogP contribution in [0.15, 0.2) is 29.0 Å². The fourth-order valence-electron chi connectivity index (χ4n) is 1.40. The monoisotopic (exact) mass is 241 g/mol. The zero-order chi connectivity index (χ0) is 10.8. The molecule has 1 aromatic carbocycles. The molecule has 15 heavy (non-hydrogen) atoms. The summed E-state index contributed by atoms with van der Waals surface area (Å²) in [5.74, 6) is -0.398. The Bertz CT molecular complexity index is 481. The van der Waals surface area contributed by atoms with Gasteiger partial charge in [-0.2, -0.15) is 11.3 Å². The lowest BCUT2D eigenvalue weighted by atomic mass is 10.1. The largest absolute Gasteiger partial charge is 0.326 e. The molecule has 1 heterocycles. The molecule has 2 rings (SSSR count). The normalized spacial score (nSPS) is 10.6. The van der Waals surface area contributed by atoms with Crippen molar-refractivity contribution in [2.45, 2.75) is 6.54 Å². The first-order chi connectivity index (χ1) is 7.22. The van der Waals surface area contributed by atoms with Crippen LogP contribution in [0, 0.1) is 5.82 Å². The van der Waals surface area contributed by atoms with Crippen molar-refractivity contribution in [3.05, 3.63) is 45.4 Å². The average molecular weight is 242 g/mol. The first-order valence-corrected chi connectivity index (χ1v) is 5.75. The smallest absolute Gasteiger partial charge is 0.141 e. The molecular weight excluding hydrogens is 233 g/mol. The zero-order valence-electron chi connectivity index (χ0n) is 7.84. The van der Waals surface area contributed by atoms with Crippen LogP contribution < -0.4 is 5.73 Å². The Morgan fingerprint density at radius 3 is 2.80 bits per heavy atom. The summed E-state index contributed by atoms with van der Waals surface area (Å²) in [6.45, 7) is 0.480. The van der Waals surface area contributed by atoms with Gasteiger partial charge in [-0.1, -0.05) is 17.7 Å². The average Bonchev–Trinajstić information content (AvgIpc) is 2.70. The second kappa shape index (κ2) is 4.31. The van der Waals surface area contributed by atoms with Gasteiger partial charge in [-0.25, -0.2) is 4.39 Å². The molecule has 0 radical (unpaired) electrons. The molecule has 78 valence electrons. The van der Waals surface area contributed by atoms with E-state index in [1.807, 2.05) is 10.8 Å². The standard InChI is InChI=1S/C11H9ClFNS/c12-10-3-7(1-2-11(10)13)9-6-15-5-8(9)4-14/h1-3,5-6H,4,14H2. The van der Waals surface area contributed by atoms with E-state index < -0.39 is 5.82 Å². The molecule has 0 fully saturated rings. The van der Waals surface area contributed by atoms with E-state index in [2.05, 4.69) is 0 Å². The summed E-state index contributed by atoms with van der Waals surface area (Å²) in [5, 5.41) is 4.12. The van der Waals surface area contributed by atoms with E-state index in [4.69, 9.17) is 17.3 Å². The van der Waals surface area contributed by atoms with Gasteiger partial charge in [-0.15, -0.1) is 0 Å². The second-order valence-electron chi connectivity index (χ2n) is 3.14. The third kappa shape index (κ3) is 2.04. The molecule has 2 aromatic rings. The number of rotatable bonds is 2. The first-order valence-electron chi connectivity index (χ1n) is 4.43. The number of halogens is 2. The molecule has 4 heteroatoms. The number of benzene rings is 1. The summed E-state index contributed by atoms with van der Waals surface area (Å²) >= 11 is 7.30. The van der Waals surface area contributed by atoms with Gasteiger partial charge in [0.1, 0.15) is 5.82 Å². The highest BCUT2D eigenvalue weighted by Gasteiger charge is 2.07. The van der Waals surface area contributed by atoms with E-state index in [1.165, 1.54) is 6.07 Å². The highest BCUT2D eigenvalue weighted by atomic mass is 35.5. The highest BCUT2D eigenvalue weighted by molar-refractivity contribution is 7.08. The van der Waals surface area contributed by atoms with Crippen molar-refractivity contribution in [1.29, 1.82) is 0 Å². The maximum absolute atomic E-state index is 13.0. The molecule has 0 saturated heterocycles. The summed E-state index contributed by atoms with van der Waals surface area (Å²) in [4.78, 5) is 0. The predicted octanol–water partition coefficient (Wildman–Crippen LogP) is 3.67. The summed E-state index contributed by atoms with van der Waals surface area (Å²) < 4.78 is 13.0. The molecule has 0 aliphatic heterocycles. The highest BCUT2D eigenvalue weighted by Crippen LogP contribution is 2.29. The molecule has 1 nitrogen and oxygen atoms in total. The maximum Gasteiger partial charge on any atom is 0.141 e. The van der Waals surface area contributed by atoms with Crippen molar-refractivity contribution >= 4 is 22.9 Å². The van der Waals surface area contributed by atoms with Gasteiger partial charge in [0.2, 0.25) is 0 Å². The fourth-order valence-corrected chi connectivity index (χ4v) is 2.46. The van der Waals surface area contributed by atoms with E-state index in [0.29, 0.717) is 6.54 Å². The number of nitrogens with two attached hydrogens (primary N) is 1. The van der Waals surface area contributed by atoms with Gasteiger partial charge >= 0.3 is 0 Å². The van der Waals surface area contributed by atoms with Gasteiger partial charge in [0.15, 0.2) is 0 Å². The van der Waals surface area contributed by atoms with Gasteiger partial charge in [-0.05, 0) is 39.6 Å². The van der Waals surface area contributed by atoms with E-state index >= 15 is 0 Å². The summed E-state index contributed by atoms with van der Waals surface area (Å²) in [5.41, 5.74) is 8.60. The number of thiophene rings is 1.